The Morgan fingerprint density at radius 1 is 1.43 bits per heavy atom. The Morgan fingerprint density at radius 2 is 2.14 bits per heavy atom. The van der Waals surface area contributed by atoms with Crippen LogP contribution in [-0.4, -0.2) is 24.5 Å². The van der Waals surface area contributed by atoms with Crippen LogP contribution in [-0.2, 0) is 16.4 Å². The molecule has 0 aliphatic heterocycles. The molecular weight excluding hydrogens is 354 g/mol. The summed E-state index contributed by atoms with van der Waals surface area (Å²) in [7, 11) is -3.25. The molecule has 0 fully saturated rings. The van der Waals surface area contributed by atoms with E-state index in [1.54, 1.807) is 24.4 Å². The first-order valence-corrected chi connectivity index (χ1v) is 9.29. The molecule has 21 heavy (non-hydrogen) atoms. The Morgan fingerprint density at radius 3 is 2.76 bits per heavy atom. The number of nitrogens with zero attached hydrogens (tertiary/aromatic N) is 2. The fourth-order valence-corrected chi connectivity index (χ4v) is 3.39. The van der Waals surface area contributed by atoms with Crippen molar-refractivity contribution in [1.82, 2.24) is 9.78 Å². The van der Waals surface area contributed by atoms with E-state index < -0.39 is 15.9 Å². The van der Waals surface area contributed by atoms with Gasteiger partial charge in [-0.15, -0.1) is 0 Å². The highest BCUT2D eigenvalue weighted by molar-refractivity contribution is 9.10. The second kappa shape index (κ2) is 6.29. The lowest BCUT2D eigenvalue weighted by atomic mass is 10.0. The number of sulfone groups is 1. The summed E-state index contributed by atoms with van der Waals surface area (Å²) in [5.41, 5.74) is 7.92. The second-order valence-electron chi connectivity index (χ2n) is 4.92. The van der Waals surface area contributed by atoms with Gasteiger partial charge < -0.3 is 5.73 Å². The molecule has 1 heterocycles. The number of nitrogens with two attached hydrogens (primary N) is 1. The van der Waals surface area contributed by atoms with Gasteiger partial charge in [0.25, 0.3) is 0 Å². The molecule has 0 radical (unpaired) electrons. The van der Waals surface area contributed by atoms with Crippen molar-refractivity contribution in [2.45, 2.75) is 30.8 Å². The topological polar surface area (TPSA) is 78.0 Å². The molecule has 5 nitrogen and oxygen atoms in total. The fourth-order valence-electron chi connectivity index (χ4n) is 2.17. The van der Waals surface area contributed by atoms with E-state index in [0.717, 1.165) is 28.7 Å². The normalized spacial score (nSPS) is 13.3. The predicted octanol–water partition coefficient (Wildman–Crippen LogP) is 2.51. The molecule has 0 aliphatic rings. The van der Waals surface area contributed by atoms with Crippen LogP contribution in [0.1, 0.15) is 30.6 Å². The number of rotatable bonds is 5. The third kappa shape index (κ3) is 3.53. The quantitative estimate of drug-likeness (QED) is 0.875. The van der Waals surface area contributed by atoms with E-state index in [4.69, 9.17) is 5.73 Å². The molecule has 1 unspecified atom stereocenters. The van der Waals surface area contributed by atoms with Gasteiger partial charge in [0, 0.05) is 12.8 Å². The minimum absolute atomic E-state index is 0.271. The van der Waals surface area contributed by atoms with Crippen molar-refractivity contribution < 1.29 is 8.42 Å². The Hall–Kier alpha value is -1.18. The third-order valence-corrected chi connectivity index (χ3v) is 4.93. The average molecular weight is 372 g/mol. The molecule has 2 aromatic rings. The van der Waals surface area contributed by atoms with E-state index in [1.165, 1.54) is 6.26 Å². The molecule has 2 rings (SSSR count). The average Bonchev–Trinajstić information content (AvgIpc) is 2.79. The minimum atomic E-state index is -3.25. The zero-order valence-electron chi connectivity index (χ0n) is 12.0. The van der Waals surface area contributed by atoms with Gasteiger partial charge in [-0.1, -0.05) is 19.1 Å². The van der Waals surface area contributed by atoms with E-state index in [2.05, 4.69) is 28.0 Å². The maximum atomic E-state index is 11.7. The van der Waals surface area contributed by atoms with Crippen LogP contribution in [0.4, 0.5) is 0 Å². The summed E-state index contributed by atoms with van der Waals surface area (Å²) in [5, 5.41) is 4.29. The largest absolute Gasteiger partial charge is 0.319 e. The van der Waals surface area contributed by atoms with Gasteiger partial charge in [0.1, 0.15) is 0 Å². The molecule has 1 atom stereocenters. The van der Waals surface area contributed by atoms with Crippen LogP contribution in [0.5, 0.6) is 0 Å². The van der Waals surface area contributed by atoms with Crippen molar-refractivity contribution >= 4 is 25.8 Å². The number of hydrogen-bond acceptors (Lipinski definition) is 4. The van der Waals surface area contributed by atoms with Gasteiger partial charge in [-0.05, 0) is 40.0 Å². The highest BCUT2D eigenvalue weighted by Gasteiger charge is 2.19. The summed E-state index contributed by atoms with van der Waals surface area (Å²) >= 11 is 3.46. The highest BCUT2D eigenvalue weighted by atomic mass is 79.9. The number of halogens is 1. The van der Waals surface area contributed by atoms with Crippen LogP contribution in [0.15, 0.2) is 39.8 Å². The molecule has 1 aromatic heterocycles. The van der Waals surface area contributed by atoms with Gasteiger partial charge in [-0.3, -0.25) is 4.68 Å². The van der Waals surface area contributed by atoms with Crippen LogP contribution < -0.4 is 5.73 Å². The Labute approximate surface area is 133 Å². The van der Waals surface area contributed by atoms with E-state index in [-0.39, 0.29) is 4.90 Å². The van der Waals surface area contributed by atoms with Gasteiger partial charge in [0.15, 0.2) is 9.84 Å². The second-order valence-corrected chi connectivity index (χ2v) is 7.79. The number of aryl methyl sites for hydroxylation is 1. The van der Waals surface area contributed by atoms with Crippen LogP contribution in [0, 0.1) is 0 Å². The van der Waals surface area contributed by atoms with Crippen LogP contribution in [0.2, 0.25) is 0 Å². The molecule has 0 spiro atoms. The van der Waals surface area contributed by atoms with Crippen molar-refractivity contribution in [3.05, 3.63) is 46.2 Å². The predicted molar refractivity (Wildman–Crippen MR) is 85.8 cm³/mol. The van der Waals surface area contributed by atoms with Crippen molar-refractivity contribution in [1.29, 1.82) is 0 Å². The summed E-state index contributed by atoms with van der Waals surface area (Å²) in [5.74, 6) is 0. The lowest BCUT2D eigenvalue weighted by Crippen LogP contribution is -2.18. The van der Waals surface area contributed by atoms with Crippen molar-refractivity contribution in [2.24, 2.45) is 5.73 Å². The molecule has 0 saturated heterocycles. The number of aromatic nitrogens is 2. The molecule has 0 saturated carbocycles. The van der Waals surface area contributed by atoms with Crippen molar-refractivity contribution in [3.8, 4) is 0 Å². The number of benzene rings is 1. The van der Waals surface area contributed by atoms with E-state index >= 15 is 0 Å². The fraction of sp³-hybridized carbons (Fsp3) is 0.357. The standard InChI is InChI=1S/C14H18BrN3O2S/c1-3-7-18-14(12(15)9-17-18)13(16)10-5-4-6-11(8-10)21(2,19)20/h4-6,8-9,13H,3,7,16H2,1-2H3. The highest BCUT2D eigenvalue weighted by Crippen LogP contribution is 2.28. The molecule has 2 N–H and O–H groups in total. The van der Waals surface area contributed by atoms with E-state index in [0.29, 0.717) is 0 Å². The summed E-state index contributed by atoms with van der Waals surface area (Å²) in [6.45, 7) is 2.83. The minimum Gasteiger partial charge on any atom is -0.319 e. The summed E-state index contributed by atoms with van der Waals surface area (Å²) in [6, 6.07) is 6.30. The van der Waals surface area contributed by atoms with Crippen LogP contribution >= 0.6 is 15.9 Å². The SMILES string of the molecule is CCCn1ncc(Br)c1C(N)c1cccc(S(C)(=O)=O)c1. The van der Waals surface area contributed by atoms with Crippen LogP contribution in [0.25, 0.3) is 0 Å². The lowest BCUT2D eigenvalue weighted by molar-refractivity contribution is 0.558. The Bertz CT molecular complexity index is 740. The van der Waals surface area contributed by atoms with Crippen LogP contribution in [0.3, 0.4) is 0 Å². The van der Waals surface area contributed by atoms with Crippen molar-refractivity contribution in [2.75, 3.05) is 6.26 Å². The maximum Gasteiger partial charge on any atom is 0.175 e. The zero-order valence-corrected chi connectivity index (χ0v) is 14.4. The molecule has 0 bridgehead atoms. The molecule has 1 aromatic carbocycles. The first kappa shape index (κ1) is 16.2. The lowest BCUT2D eigenvalue weighted by Gasteiger charge is -2.16. The Balaban J connectivity index is 2.45. The third-order valence-electron chi connectivity index (χ3n) is 3.21. The smallest absolute Gasteiger partial charge is 0.175 e. The monoisotopic (exact) mass is 371 g/mol. The summed E-state index contributed by atoms with van der Waals surface area (Å²) in [4.78, 5) is 0.271. The molecule has 0 amide bonds. The molecule has 7 heteroatoms. The van der Waals surface area contributed by atoms with Gasteiger partial charge in [-0.25, -0.2) is 8.42 Å². The zero-order chi connectivity index (χ0) is 15.6. The van der Waals surface area contributed by atoms with E-state index in [9.17, 15) is 8.42 Å². The molecular formula is C14H18BrN3O2S. The van der Waals surface area contributed by atoms with Gasteiger partial charge in [0.05, 0.1) is 27.3 Å². The summed E-state index contributed by atoms with van der Waals surface area (Å²) < 4.78 is 26.0. The van der Waals surface area contributed by atoms with Gasteiger partial charge in [0.2, 0.25) is 0 Å². The Kier molecular flexibility index (Phi) is 4.85. The maximum absolute atomic E-state index is 11.7. The first-order valence-electron chi connectivity index (χ1n) is 6.61. The van der Waals surface area contributed by atoms with Gasteiger partial charge in [-0.2, -0.15) is 5.10 Å². The van der Waals surface area contributed by atoms with Gasteiger partial charge >= 0.3 is 0 Å². The first-order chi connectivity index (χ1) is 9.84. The summed E-state index contributed by atoms with van der Waals surface area (Å²) in [6.07, 6.45) is 3.84. The van der Waals surface area contributed by atoms with E-state index in [1.807, 2.05) is 10.7 Å². The molecule has 114 valence electrons. The number of hydrogen-bond donors (Lipinski definition) is 1. The van der Waals surface area contributed by atoms with Crippen molar-refractivity contribution in [3.63, 3.8) is 0 Å². The molecule has 0 aliphatic carbocycles.